The Morgan fingerprint density at radius 1 is 0.444 bits per heavy atom. The van der Waals surface area contributed by atoms with Crippen LogP contribution in [0.1, 0.15) is 218 Å². The summed E-state index contributed by atoms with van der Waals surface area (Å²) >= 11 is 3.75. The highest BCUT2D eigenvalue weighted by atomic mass is 32.1. The van der Waals surface area contributed by atoms with Gasteiger partial charge in [0, 0.05) is 31.8 Å². The maximum Gasteiger partial charge on any atom is 0.129 e. The number of H-pyrrole nitrogens is 2. The molecular weight excluding hydrogens is 929 g/mol. The van der Waals surface area contributed by atoms with E-state index >= 15 is 0 Å². The van der Waals surface area contributed by atoms with Crippen LogP contribution < -0.4 is 0 Å². The molecule has 0 atom stereocenters. The summed E-state index contributed by atoms with van der Waals surface area (Å²) < 4.78 is 0. The number of nitrogens with zero attached hydrogens (tertiary/aromatic N) is 2. The lowest BCUT2D eigenvalue weighted by atomic mass is 9.94. The Hall–Kier alpha value is -5.10. The number of aryl methyl sites for hydroxylation is 6. The Morgan fingerprint density at radius 2 is 0.847 bits per heavy atom. The van der Waals surface area contributed by atoms with E-state index in [9.17, 15) is 0 Å². The molecule has 8 bridgehead atoms. The number of nitrogens with one attached hydrogen (secondary N) is 2. The Bertz CT molecular complexity index is 3080. The Labute approximate surface area is 443 Å². The molecule has 378 valence electrons. The fraction of sp³-hybridized carbons (Fsp3) is 0.477. The molecule has 0 aromatic carbocycles. The van der Waals surface area contributed by atoms with E-state index in [-0.39, 0.29) is 0 Å². The van der Waals surface area contributed by atoms with Crippen molar-refractivity contribution in [1.29, 1.82) is 0 Å². The van der Waals surface area contributed by atoms with E-state index in [1.54, 1.807) is 0 Å². The molecule has 2 aliphatic heterocycles. The second-order valence-electron chi connectivity index (χ2n) is 20.6. The molecule has 0 saturated carbocycles. The van der Waals surface area contributed by atoms with Gasteiger partial charge in [-0.25, -0.2) is 9.97 Å². The summed E-state index contributed by atoms with van der Waals surface area (Å²) in [4.78, 5) is 24.2. The number of thiophene rings is 2. The van der Waals surface area contributed by atoms with Crippen LogP contribution in [0.4, 0.5) is 0 Å². The van der Waals surface area contributed by atoms with Gasteiger partial charge in [0.15, 0.2) is 0 Å². The molecular formula is C65H82N4S2Si. The van der Waals surface area contributed by atoms with E-state index in [4.69, 9.17) is 9.97 Å². The first-order valence-corrected chi connectivity index (χ1v) is 33.1. The number of fused-ring (bicyclic) bond motifs is 8. The zero-order valence-corrected chi connectivity index (χ0v) is 49.0. The summed E-state index contributed by atoms with van der Waals surface area (Å²) in [7, 11) is -1.53. The van der Waals surface area contributed by atoms with E-state index < -0.39 is 8.07 Å². The van der Waals surface area contributed by atoms with Crippen molar-refractivity contribution in [3.8, 4) is 44.9 Å². The third-order valence-corrected chi connectivity index (χ3v) is 17.7. The highest BCUT2D eigenvalue weighted by molar-refractivity contribution is 7.23. The molecule has 2 N–H and O–H groups in total. The fourth-order valence-electron chi connectivity index (χ4n) is 11.0. The lowest BCUT2D eigenvalue weighted by molar-refractivity contribution is 0.666. The van der Waals surface area contributed by atoms with E-state index in [0.29, 0.717) is 0 Å². The lowest BCUT2D eigenvalue weighted by Crippen LogP contribution is -2.16. The van der Waals surface area contributed by atoms with Crippen LogP contribution in [-0.4, -0.2) is 28.0 Å². The van der Waals surface area contributed by atoms with Crippen molar-refractivity contribution in [2.45, 2.75) is 204 Å². The van der Waals surface area contributed by atoms with Crippen LogP contribution in [0.25, 0.3) is 54.1 Å². The second-order valence-corrected chi connectivity index (χ2v) is 27.5. The molecule has 0 fully saturated rings. The first kappa shape index (κ1) is 54.7. The molecule has 7 rings (SSSR count). The second kappa shape index (κ2) is 25.2. The summed E-state index contributed by atoms with van der Waals surface area (Å²) in [6, 6.07) is 11.8. The van der Waals surface area contributed by atoms with Crippen LogP contribution in [0.15, 0.2) is 30.3 Å². The molecule has 0 spiro atoms. The van der Waals surface area contributed by atoms with Gasteiger partial charge in [-0.2, -0.15) is 0 Å². The molecule has 7 heterocycles. The van der Waals surface area contributed by atoms with Crippen molar-refractivity contribution in [3.05, 3.63) is 102 Å². The topological polar surface area (TPSA) is 57.4 Å². The number of aromatic amines is 2. The van der Waals surface area contributed by atoms with Gasteiger partial charge in [-0.05, 0) is 187 Å². The van der Waals surface area contributed by atoms with Crippen molar-refractivity contribution >= 4 is 75.1 Å². The molecule has 0 radical (unpaired) electrons. The maximum atomic E-state index is 5.62. The van der Waals surface area contributed by atoms with Crippen molar-refractivity contribution < 1.29 is 0 Å². The van der Waals surface area contributed by atoms with Crippen molar-refractivity contribution in [3.63, 3.8) is 0 Å². The summed E-state index contributed by atoms with van der Waals surface area (Å²) in [5.41, 5.74) is 26.6. The Balaban J connectivity index is 1.48. The maximum absolute atomic E-state index is 5.62. The number of unbranched alkanes of at least 4 members (excludes halogenated alkanes) is 6. The van der Waals surface area contributed by atoms with Gasteiger partial charge in [-0.15, -0.1) is 28.2 Å². The van der Waals surface area contributed by atoms with Crippen molar-refractivity contribution in [2.75, 3.05) is 0 Å². The first-order valence-electron chi connectivity index (χ1n) is 28.0. The van der Waals surface area contributed by atoms with E-state index in [2.05, 4.69) is 164 Å². The van der Waals surface area contributed by atoms with Gasteiger partial charge in [-0.3, -0.25) is 0 Å². The number of hydrogen-bond acceptors (Lipinski definition) is 4. The fourth-order valence-corrected chi connectivity index (χ4v) is 13.9. The Morgan fingerprint density at radius 3 is 1.24 bits per heavy atom. The number of hydrogen-bond donors (Lipinski definition) is 2. The highest BCUT2D eigenvalue weighted by Gasteiger charge is 2.27. The molecule has 7 heteroatoms. The number of allylic oxidation sites excluding steroid dienone is 4. The largest absolute Gasteiger partial charge is 0.355 e. The van der Waals surface area contributed by atoms with Gasteiger partial charge in [0.05, 0.1) is 38.1 Å². The average molecular weight is 1010 g/mol. The summed E-state index contributed by atoms with van der Waals surface area (Å²) in [6.45, 7) is 29.8. The molecule has 2 aliphatic rings. The summed E-state index contributed by atoms with van der Waals surface area (Å²) in [6.07, 6.45) is 19.3. The van der Waals surface area contributed by atoms with Gasteiger partial charge in [0.25, 0.3) is 0 Å². The van der Waals surface area contributed by atoms with Crippen LogP contribution >= 0.6 is 22.7 Å². The number of rotatable bonds is 19. The molecule has 0 unspecified atom stereocenters. The van der Waals surface area contributed by atoms with E-state index in [1.165, 1.54) is 133 Å². The average Bonchev–Trinajstić information content (AvgIpc) is 4.23. The van der Waals surface area contributed by atoms with Gasteiger partial charge < -0.3 is 9.97 Å². The van der Waals surface area contributed by atoms with Gasteiger partial charge in [-0.1, -0.05) is 133 Å². The van der Waals surface area contributed by atoms with E-state index in [1.807, 2.05) is 22.7 Å². The SMILES string of the molecule is CCCCCCc1cc(C#CC#Cc2c3nc(cc4[nH]c(cc5[nH]c(cc6nc2C(CC)=C6CC)c(CC)c5CC)c(CC)c4CC)C(CC)=C3CC)sc1-c1sc(C#C[Si](C)(C)C)cc1CCCCCC. The van der Waals surface area contributed by atoms with Crippen molar-refractivity contribution in [2.24, 2.45) is 0 Å². The monoisotopic (exact) mass is 1010 g/mol. The Kier molecular flexibility index (Phi) is 19.2. The molecule has 0 saturated heterocycles. The quantitative estimate of drug-likeness (QED) is 0.0492. The van der Waals surface area contributed by atoms with Crippen LogP contribution in [0.5, 0.6) is 0 Å². The molecule has 5 aromatic heterocycles. The highest BCUT2D eigenvalue weighted by Crippen LogP contribution is 2.43. The predicted molar refractivity (Wildman–Crippen MR) is 321 cm³/mol. The van der Waals surface area contributed by atoms with Crippen LogP contribution in [0, 0.1) is 35.1 Å². The lowest BCUT2D eigenvalue weighted by Gasteiger charge is -2.08. The van der Waals surface area contributed by atoms with Gasteiger partial charge >= 0.3 is 0 Å². The standard InChI is InChI=1S/C65H82N4S2Si/c1-14-24-26-28-32-43-38-45(70-64(43)65-44(33-29-27-25-15-2)39-46(71-65)36-37-72(11,12)13)34-30-31-35-55-62-53(22-9)51(20-7)60(68-62)41-58-49(18-5)47(16-3)56(66-58)40-57-48(17-4)50(19-6)59(67-57)42-61-52(21-8)54(23-10)63(55)69-61/h38-42,66-67H,14-29,32-33H2,1-13H3. The zero-order valence-electron chi connectivity index (χ0n) is 46.3. The molecule has 4 nitrogen and oxygen atoms in total. The first-order chi connectivity index (χ1) is 34.9. The third kappa shape index (κ3) is 12.1. The van der Waals surface area contributed by atoms with Gasteiger partial charge in [0.2, 0.25) is 0 Å². The molecule has 0 amide bonds. The molecule has 72 heavy (non-hydrogen) atoms. The van der Waals surface area contributed by atoms with Crippen molar-refractivity contribution in [1.82, 2.24) is 19.9 Å². The summed E-state index contributed by atoms with van der Waals surface area (Å²) in [5, 5.41) is 0. The third-order valence-electron chi connectivity index (χ3n) is 14.5. The normalized spacial score (nSPS) is 12.5. The minimum Gasteiger partial charge on any atom is -0.355 e. The van der Waals surface area contributed by atoms with Crippen LogP contribution in [-0.2, 0) is 38.5 Å². The van der Waals surface area contributed by atoms with Gasteiger partial charge in [0.1, 0.15) is 8.07 Å². The smallest absolute Gasteiger partial charge is 0.129 e. The van der Waals surface area contributed by atoms with E-state index in [0.717, 1.165) is 108 Å². The summed E-state index contributed by atoms with van der Waals surface area (Å²) in [5.74, 6) is 17.8. The molecule has 5 aromatic rings. The molecule has 0 aliphatic carbocycles. The minimum atomic E-state index is -1.53. The van der Waals surface area contributed by atoms with Crippen LogP contribution in [0.3, 0.4) is 0 Å². The minimum absolute atomic E-state index is 0.848. The predicted octanol–water partition coefficient (Wildman–Crippen LogP) is 18.7. The van der Waals surface area contributed by atoms with Crippen LogP contribution in [0.2, 0.25) is 19.6 Å². The number of aromatic nitrogens is 4. The zero-order chi connectivity index (χ0) is 51.5.